The number of nitrogens with zero attached hydrogens (tertiary/aromatic N) is 4. The number of sulfone groups is 1. The molecule has 8 nitrogen and oxygen atoms in total. The third-order valence-electron chi connectivity index (χ3n) is 4.60. The summed E-state index contributed by atoms with van der Waals surface area (Å²) in [4.78, 5) is 15.1. The number of thiophene rings is 1. The van der Waals surface area contributed by atoms with Gasteiger partial charge in [0.2, 0.25) is 0 Å². The molecule has 2 heterocycles. The van der Waals surface area contributed by atoms with Crippen molar-refractivity contribution in [3.05, 3.63) is 51.6 Å². The van der Waals surface area contributed by atoms with E-state index >= 15 is 0 Å². The number of anilines is 1. The van der Waals surface area contributed by atoms with Gasteiger partial charge in [-0.05, 0) is 24.1 Å². The van der Waals surface area contributed by atoms with Crippen molar-refractivity contribution in [1.82, 2.24) is 4.90 Å². The molecule has 1 aromatic heterocycles. The van der Waals surface area contributed by atoms with Crippen LogP contribution in [0.2, 0.25) is 0 Å². The molecule has 0 N–H and O–H groups in total. The van der Waals surface area contributed by atoms with E-state index in [0.717, 1.165) is 48.7 Å². The van der Waals surface area contributed by atoms with Crippen molar-refractivity contribution in [3.63, 3.8) is 0 Å². The highest BCUT2D eigenvalue weighted by atomic mass is 32.2. The first kappa shape index (κ1) is 20.3. The van der Waals surface area contributed by atoms with Gasteiger partial charge >= 0.3 is 5.69 Å². The van der Waals surface area contributed by atoms with Crippen molar-refractivity contribution in [2.75, 3.05) is 37.3 Å². The van der Waals surface area contributed by atoms with Crippen LogP contribution in [0.3, 0.4) is 0 Å². The normalized spacial score (nSPS) is 15.8. The zero-order valence-corrected chi connectivity index (χ0v) is 17.0. The highest BCUT2D eigenvalue weighted by Crippen LogP contribution is 2.40. The Morgan fingerprint density at radius 3 is 2.54 bits per heavy atom. The highest BCUT2D eigenvalue weighted by Gasteiger charge is 2.28. The number of hydrogen-bond acceptors (Lipinski definition) is 8. The zero-order valence-electron chi connectivity index (χ0n) is 15.4. The van der Waals surface area contributed by atoms with Crippen LogP contribution in [0.4, 0.5) is 10.7 Å². The van der Waals surface area contributed by atoms with E-state index in [9.17, 15) is 18.5 Å². The number of nitriles is 1. The summed E-state index contributed by atoms with van der Waals surface area (Å²) in [7, 11) is -3.49. The molecule has 3 rings (SSSR count). The minimum absolute atomic E-state index is 0.0212. The molecule has 2 aromatic rings. The average molecular weight is 421 g/mol. The molecule has 1 aromatic carbocycles. The predicted molar refractivity (Wildman–Crippen MR) is 107 cm³/mol. The average Bonchev–Trinajstić information content (AvgIpc) is 2.99. The molecule has 1 aliphatic rings. The second-order valence-electron chi connectivity index (χ2n) is 6.71. The fraction of sp³-hybridized carbons (Fsp3) is 0.389. The molecule has 0 radical (unpaired) electrons. The van der Waals surface area contributed by atoms with E-state index in [1.807, 2.05) is 17.0 Å². The molecule has 0 saturated carbocycles. The maximum atomic E-state index is 11.8. The van der Waals surface area contributed by atoms with Crippen LogP contribution in [0.1, 0.15) is 17.5 Å². The Morgan fingerprint density at radius 1 is 1.21 bits per heavy atom. The lowest BCUT2D eigenvalue weighted by Crippen LogP contribution is -2.30. The summed E-state index contributed by atoms with van der Waals surface area (Å²) in [6, 6.07) is 10.7. The molecule has 148 valence electrons. The van der Waals surface area contributed by atoms with Crippen molar-refractivity contribution >= 4 is 31.9 Å². The van der Waals surface area contributed by atoms with Gasteiger partial charge in [-0.1, -0.05) is 23.5 Å². The van der Waals surface area contributed by atoms with Crippen LogP contribution in [0, 0.1) is 21.4 Å². The monoisotopic (exact) mass is 420 g/mol. The smallest absolute Gasteiger partial charge is 0.305 e. The third-order valence-corrected chi connectivity index (χ3v) is 7.58. The van der Waals surface area contributed by atoms with Crippen molar-refractivity contribution in [2.45, 2.75) is 17.2 Å². The van der Waals surface area contributed by atoms with Gasteiger partial charge in [0.25, 0.3) is 0 Å². The van der Waals surface area contributed by atoms with E-state index in [-0.39, 0.29) is 9.90 Å². The van der Waals surface area contributed by atoms with Gasteiger partial charge in [-0.2, -0.15) is 5.26 Å². The van der Waals surface area contributed by atoms with Gasteiger partial charge in [-0.15, -0.1) is 0 Å². The van der Waals surface area contributed by atoms with E-state index in [1.165, 1.54) is 0 Å². The fourth-order valence-electron chi connectivity index (χ4n) is 3.17. The van der Waals surface area contributed by atoms with Crippen molar-refractivity contribution < 1.29 is 13.3 Å². The molecule has 28 heavy (non-hydrogen) atoms. The molecule has 1 aliphatic heterocycles. The first-order chi connectivity index (χ1) is 13.3. The van der Waals surface area contributed by atoms with Crippen LogP contribution in [0.5, 0.6) is 0 Å². The Hall–Kier alpha value is -2.48. The van der Waals surface area contributed by atoms with Gasteiger partial charge in [0.1, 0.15) is 4.21 Å². The Kier molecular flexibility index (Phi) is 5.98. The fourth-order valence-corrected chi connectivity index (χ4v) is 5.24. The van der Waals surface area contributed by atoms with E-state index in [2.05, 4.69) is 11.0 Å². The lowest BCUT2D eigenvalue weighted by Gasteiger charge is -2.22. The molecule has 0 atom stereocenters. The second-order valence-corrected chi connectivity index (χ2v) is 9.98. The summed E-state index contributed by atoms with van der Waals surface area (Å²) in [6.07, 6.45) is 1.88. The third kappa shape index (κ3) is 4.67. The molecular formula is C18H20N4O4S2. The second kappa shape index (κ2) is 8.26. The molecular weight excluding hydrogens is 400 g/mol. The van der Waals surface area contributed by atoms with Crippen LogP contribution >= 0.6 is 11.3 Å². The van der Waals surface area contributed by atoms with Crippen molar-refractivity contribution in [2.24, 2.45) is 0 Å². The molecule has 0 aliphatic carbocycles. The zero-order chi connectivity index (χ0) is 20.3. The lowest BCUT2D eigenvalue weighted by atomic mass is 10.1. The predicted octanol–water partition coefficient (Wildman–Crippen LogP) is 2.64. The van der Waals surface area contributed by atoms with Crippen molar-refractivity contribution in [3.8, 4) is 6.07 Å². The summed E-state index contributed by atoms with van der Waals surface area (Å²) in [6.45, 7) is 3.51. The minimum atomic E-state index is -3.49. The van der Waals surface area contributed by atoms with Crippen LogP contribution in [0.25, 0.3) is 0 Å². The molecule has 0 amide bonds. The molecule has 1 fully saturated rings. The summed E-state index contributed by atoms with van der Waals surface area (Å²) >= 11 is 0.967. The van der Waals surface area contributed by atoms with E-state index in [1.54, 1.807) is 12.1 Å². The van der Waals surface area contributed by atoms with Gasteiger partial charge in [0.15, 0.2) is 14.8 Å². The Bertz CT molecular complexity index is 1010. The Balaban J connectivity index is 1.73. The van der Waals surface area contributed by atoms with Crippen LogP contribution < -0.4 is 4.90 Å². The van der Waals surface area contributed by atoms with Gasteiger partial charge in [0, 0.05) is 45.0 Å². The summed E-state index contributed by atoms with van der Waals surface area (Å²) in [5.41, 5.74) is 1.58. The number of rotatable bonds is 5. The molecule has 10 heteroatoms. The maximum absolute atomic E-state index is 11.8. The largest absolute Gasteiger partial charge is 0.356 e. The topological polar surface area (TPSA) is 108 Å². The highest BCUT2D eigenvalue weighted by molar-refractivity contribution is 7.92. The van der Waals surface area contributed by atoms with E-state index in [0.29, 0.717) is 30.2 Å². The summed E-state index contributed by atoms with van der Waals surface area (Å²) < 4.78 is 23.6. The van der Waals surface area contributed by atoms with Gasteiger partial charge in [-0.3, -0.25) is 15.0 Å². The van der Waals surface area contributed by atoms with Gasteiger partial charge < -0.3 is 4.90 Å². The quantitative estimate of drug-likeness (QED) is 0.540. The maximum Gasteiger partial charge on any atom is 0.305 e. The molecule has 0 spiro atoms. The molecule has 0 bridgehead atoms. The van der Waals surface area contributed by atoms with Crippen LogP contribution in [0.15, 0.2) is 34.5 Å². The first-order valence-electron chi connectivity index (χ1n) is 8.72. The summed E-state index contributed by atoms with van der Waals surface area (Å²) in [5, 5.41) is 20.7. The Labute approximate surface area is 167 Å². The minimum Gasteiger partial charge on any atom is -0.356 e. The van der Waals surface area contributed by atoms with Crippen LogP contribution in [-0.2, 0) is 16.4 Å². The van der Waals surface area contributed by atoms with Gasteiger partial charge in [-0.25, -0.2) is 8.42 Å². The van der Waals surface area contributed by atoms with E-state index in [4.69, 9.17) is 5.26 Å². The standard InChI is InChI=1S/C18H20N4O4S2/c1-28(25,26)17-11-16(22(23)24)18(27-17)21-8-2-7-20(9-10-21)13-15-5-3-14(12-19)4-6-15/h3-6,11H,2,7-10,13H2,1H3. The van der Waals surface area contributed by atoms with Crippen molar-refractivity contribution in [1.29, 1.82) is 5.26 Å². The number of nitro groups is 1. The number of benzene rings is 1. The summed E-state index contributed by atoms with van der Waals surface area (Å²) in [5.74, 6) is 0. The van der Waals surface area contributed by atoms with E-state index < -0.39 is 14.8 Å². The Morgan fingerprint density at radius 2 is 1.93 bits per heavy atom. The SMILES string of the molecule is CS(=O)(=O)c1cc([N+](=O)[O-])c(N2CCCN(Cc3ccc(C#N)cc3)CC2)s1. The molecule has 0 unspecified atom stereocenters. The van der Waals surface area contributed by atoms with Crippen LogP contribution in [-0.4, -0.2) is 50.7 Å². The number of hydrogen-bond donors (Lipinski definition) is 0. The molecule has 1 saturated heterocycles. The van der Waals surface area contributed by atoms with Gasteiger partial charge in [0.05, 0.1) is 16.6 Å². The lowest BCUT2D eigenvalue weighted by molar-refractivity contribution is -0.383. The first-order valence-corrected chi connectivity index (χ1v) is 11.4.